The topological polar surface area (TPSA) is 47.4 Å². The van der Waals surface area contributed by atoms with Crippen LogP contribution in [0.2, 0.25) is 0 Å². The lowest BCUT2D eigenvalue weighted by atomic mass is 10.3. The van der Waals surface area contributed by atoms with Gasteiger partial charge in [0, 0.05) is 25.5 Å². The molecular formula is C12H15N3O2S. The molecule has 0 N–H and O–H groups in total. The SMILES string of the molecule is Cc1nn(C)c2sc(C(=O)N3CCOCC3)cc12. The van der Waals surface area contributed by atoms with E-state index in [2.05, 4.69) is 5.10 Å². The van der Waals surface area contributed by atoms with E-state index in [1.165, 1.54) is 11.3 Å². The van der Waals surface area contributed by atoms with Gasteiger partial charge in [0.05, 0.1) is 23.8 Å². The maximum atomic E-state index is 12.3. The molecule has 0 radical (unpaired) electrons. The Labute approximate surface area is 109 Å². The minimum absolute atomic E-state index is 0.110. The van der Waals surface area contributed by atoms with Gasteiger partial charge in [0.15, 0.2) is 0 Å². The fourth-order valence-corrected chi connectivity index (χ4v) is 3.32. The van der Waals surface area contributed by atoms with Crippen LogP contribution in [0.1, 0.15) is 15.4 Å². The molecule has 1 amide bonds. The van der Waals surface area contributed by atoms with Crippen LogP contribution in [0.15, 0.2) is 6.07 Å². The summed E-state index contributed by atoms with van der Waals surface area (Å²) in [6, 6.07) is 1.96. The average Bonchev–Trinajstić information content (AvgIpc) is 2.93. The van der Waals surface area contributed by atoms with Gasteiger partial charge in [-0.25, -0.2) is 0 Å². The van der Waals surface area contributed by atoms with Gasteiger partial charge in [0.2, 0.25) is 0 Å². The van der Waals surface area contributed by atoms with Crippen molar-refractivity contribution in [1.29, 1.82) is 0 Å². The van der Waals surface area contributed by atoms with Crippen LogP contribution in [0, 0.1) is 6.92 Å². The van der Waals surface area contributed by atoms with E-state index in [0.29, 0.717) is 26.3 Å². The molecule has 1 aliphatic rings. The van der Waals surface area contributed by atoms with Crippen LogP contribution in [0.25, 0.3) is 10.2 Å². The lowest BCUT2D eigenvalue weighted by Gasteiger charge is -2.26. The highest BCUT2D eigenvalue weighted by Crippen LogP contribution is 2.28. The number of aromatic nitrogens is 2. The molecule has 18 heavy (non-hydrogen) atoms. The number of nitrogens with zero attached hydrogens (tertiary/aromatic N) is 3. The molecule has 3 heterocycles. The molecule has 0 aliphatic carbocycles. The first kappa shape index (κ1) is 11.7. The standard InChI is InChI=1S/C12H15N3O2S/c1-8-9-7-10(18-12(9)14(2)13-8)11(16)15-3-5-17-6-4-15/h7H,3-6H2,1-2H3. The van der Waals surface area contributed by atoms with Crippen molar-refractivity contribution in [3.63, 3.8) is 0 Å². The van der Waals surface area contributed by atoms with Crippen molar-refractivity contribution in [1.82, 2.24) is 14.7 Å². The van der Waals surface area contributed by atoms with Crippen molar-refractivity contribution >= 4 is 27.5 Å². The van der Waals surface area contributed by atoms with Crippen LogP contribution >= 0.6 is 11.3 Å². The van der Waals surface area contributed by atoms with Gasteiger partial charge < -0.3 is 9.64 Å². The van der Waals surface area contributed by atoms with Crippen LogP contribution < -0.4 is 0 Å². The third-order valence-corrected chi connectivity index (χ3v) is 4.40. The molecule has 0 spiro atoms. The zero-order valence-corrected chi connectivity index (χ0v) is 11.3. The molecule has 0 unspecified atom stereocenters. The Kier molecular flexibility index (Phi) is 2.83. The number of fused-ring (bicyclic) bond motifs is 1. The monoisotopic (exact) mass is 265 g/mol. The van der Waals surface area contributed by atoms with E-state index in [0.717, 1.165) is 20.8 Å². The second-order valence-corrected chi connectivity index (χ2v) is 5.47. The fourth-order valence-electron chi connectivity index (χ4n) is 2.23. The first-order chi connectivity index (χ1) is 8.66. The second-order valence-electron chi connectivity index (χ2n) is 4.44. The molecule has 0 atom stereocenters. The summed E-state index contributed by atoms with van der Waals surface area (Å²) >= 11 is 1.51. The number of amides is 1. The zero-order chi connectivity index (χ0) is 12.7. The molecule has 6 heteroatoms. The molecule has 0 aromatic carbocycles. The van der Waals surface area contributed by atoms with Crippen molar-refractivity contribution in [2.45, 2.75) is 6.92 Å². The Morgan fingerprint density at radius 1 is 1.44 bits per heavy atom. The number of morpholine rings is 1. The summed E-state index contributed by atoms with van der Waals surface area (Å²) in [4.78, 5) is 16.1. The summed E-state index contributed by atoms with van der Waals surface area (Å²) in [6.45, 7) is 4.61. The minimum atomic E-state index is 0.110. The summed E-state index contributed by atoms with van der Waals surface area (Å²) in [5.41, 5.74) is 0.977. The van der Waals surface area contributed by atoms with E-state index < -0.39 is 0 Å². The van der Waals surface area contributed by atoms with Crippen molar-refractivity contribution < 1.29 is 9.53 Å². The van der Waals surface area contributed by atoms with E-state index in [1.807, 2.05) is 29.6 Å². The lowest BCUT2D eigenvalue weighted by Crippen LogP contribution is -2.40. The number of hydrogen-bond donors (Lipinski definition) is 0. The molecule has 0 saturated carbocycles. The molecule has 1 saturated heterocycles. The predicted molar refractivity (Wildman–Crippen MR) is 70.1 cm³/mol. The number of carbonyl (C=O) groups is 1. The van der Waals surface area contributed by atoms with Crippen molar-refractivity contribution in [2.24, 2.45) is 7.05 Å². The molecule has 1 fully saturated rings. The number of ether oxygens (including phenoxy) is 1. The van der Waals surface area contributed by atoms with Gasteiger partial charge in [0.1, 0.15) is 4.83 Å². The molecule has 2 aromatic heterocycles. The van der Waals surface area contributed by atoms with Gasteiger partial charge in [-0.2, -0.15) is 5.10 Å². The third kappa shape index (κ3) is 1.81. The van der Waals surface area contributed by atoms with Gasteiger partial charge in [-0.3, -0.25) is 9.48 Å². The Morgan fingerprint density at radius 2 is 2.17 bits per heavy atom. The van der Waals surface area contributed by atoms with Crippen LogP contribution in [-0.4, -0.2) is 46.9 Å². The van der Waals surface area contributed by atoms with Gasteiger partial charge >= 0.3 is 0 Å². The van der Waals surface area contributed by atoms with Crippen molar-refractivity contribution in [2.75, 3.05) is 26.3 Å². The van der Waals surface area contributed by atoms with Crippen LogP contribution in [-0.2, 0) is 11.8 Å². The normalized spacial score (nSPS) is 16.4. The highest BCUT2D eigenvalue weighted by atomic mass is 32.1. The molecule has 96 valence electrons. The predicted octanol–water partition coefficient (Wildman–Crippen LogP) is 1.42. The Hall–Kier alpha value is -1.40. The van der Waals surface area contributed by atoms with Crippen LogP contribution in [0.3, 0.4) is 0 Å². The smallest absolute Gasteiger partial charge is 0.264 e. The van der Waals surface area contributed by atoms with E-state index in [4.69, 9.17) is 4.74 Å². The van der Waals surface area contributed by atoms with E-state index in [-0.39, 0.29) is 5.91 Å². The maximum Gasteiger partial charge on any atom is 0.264 e. The van der Waals surface area contributed by atoms with Gasteiger partial charge in [-0.15, -0.1) is 11.3 Å². The van der Waals surface area contributed by atoms with Gasteiger partial charge in [0.25, 0.3) is 5.91 Å². The molecule has 1 aliphatic heterocycles. The van der Waals surface area contributed by atoms with Crippen LogP contribution in [0.5, 0.6) is 0 Å². The first-order valence-electron chi connectivity index (χ1n) is 5.97. The summed E-state index contributed by atoms with van der Waals surface area (Å²) in [7, 11) is 1.91. The highest BCUT2D eigenvalue weighted by Gasteiger charge is 2.21. The quantitative estimate of drug-likeness (QED) is 0.783. The first-order valence-corrected chi connectivity index (χ1v) is 6.78. The lowest BCUT2D eigenvalue weighted by molar-refractivity contribution is 0.0306. The van der Waals surface area contributed by atoms with Crippen LogP contribution in [0.4, 0.5) is 0 Å². The average molecular weight is 265 g/mol. The second kappa shape index (κ2) is 4.37. The number of thiophene rings is 1. The van der Waals surface area contributed by atoms with E-state index in [9.17, 15) is 4.79 Å². The van der Waals surface area contributed by atoms with E-state index in [1.54, 1.807) is 0 Å². The summed E-state index contributed by atoms with van der Waals surface area (Å²) in [5.74, 6) is 0.110. The number of hydrogen-bond acceptors (Lipinski definition) is 4. The Bertz CT molecular complexity index is 561. The molecular weight excluding hydrogens is 250 g/mol. The zero-order valence-electron chi connectivity index (χ0n) is 10.5. The summed E-state index contributed by atoms with van der Waals surface area (Å²) in [5, 5.41) is 5.43. The highest BCUT2D eigenvalue weighted by molar-refractivity contribution is 7.20. The van der Waals surface area contributed by atoms with Gasteiger partial charge in [-0.05, 0) is 13.0 Å². The number of rotatable bonds is 1. The number of aryl methyl sites for hydroxylation is 2. The fraction of sp³-hybridized carbons (Fsp3) is 0.500. The largest absolute Gasteiger partial charge is 0.378 e. The molecule has 2 aromatic rings. The van der Waals surface area contributed by atoms with Gasteiger partial charge in [-0.1, -0.05) is 0 Å². The summed E-state index contributed by atoms with van der Waals surface area (Å²) in [6.07, 6.45) is 0. The van der Waals surface area contributed by atoms with Crippen molar-refractivity contribution in [3.8, 4) is 0 Å². The maximum absolute atomic E-state index is 12.3. The molecule has 0 bridgehead atoms. The Morgan fingerprint density at radius 3 is 2.83 bits per heavy atom. The van der Waals surface area contributed by atoms with Crippen molar-refractivity contribution in [3.05, 3.63) is 16.6 Å². The number of carbonyl (C=O) groups excluding carboxylic acids is 1. The van der Waals surface area contributed by atoms with E-state index >= 15 is 0 Å². The Balaban J connectivity index is 1.93. The minimum Gasteiger partial charge on any atom is -0.378 e. The molecule has 3 rings (SSSR count). The third-order valence-electron chi connectivity index (χ3n) is 3.21. The molecule has 5 nitrogen and oxygen atoms in total. The summed E-state index contributed by atoms with van der Waals surface area (Å²) < 4.78 is 7.10.